The summed E-state index contributed by atoms with van der Waals surface area (Å²) in [7, 11) is 0. The van der Waals surface area contributed by atoms with Crippen LogP contribution in [0.2, 0.25) is 0 Å². The summed E-state index contributed by atoms with van der Waals surface area (Å²) in [4.78, 5) is 13.9. The van der Waals surface area contributed by atoms with Crippen molar-refractivity contribution in [3.63, 3.8) is 0 Å². The first-order valence-corrected chi connectivity index (χ1v) is 8.32. The molecule has 1 fully saturated rings. The van der Waals surface area contributed by atoms with Crippen molar-refractivity contribution in [3.8, 4) is 5.75 Å². The molecule has 1 N–H and O–H groups in total. The Kier molecular flexibility index (Phi) is 6.10. The Bertz CT molecular complexity index is 462. The molecule has 0 bridgehead atoms. The van der Waals surface area contributed by atoms with E-state index < -0.39 is 0 Å². The summed E-state index contributed by atoms with van der Waals surface area (Å²) in [6, 6.07) is 8.19. The topological polar surface area (TPSA) is 41.6 Å². The molecule has 0 atom stereocenters. The highest BCUT2D eigenvalue weighted by atomic mass is 16.5. The van der Waals surface area contributed by atoms with E-state index in [-0.39, 0.29) is 6.03 Å². The summed E-state index contributed by atoms with van der Waals surface area (Å²) in [5, 5.41) is 2.93. The SMILES string of the molecule is CC1CCN(C(=O)NCCOc2ccc(C(C)C)cc2)CC1. The van der Waals surface area contributed by atoms with Crippen LogP contribution in [0.15, 0.2) is 24.3 Å². The minimum Gasteiger partial charge on any atom is -0.492 e. The minimum atomic E-state index is 0.0330. The number of hydrogen-bond acceptors (Lipinski definition) is 2. The molecule has 0 saturated carbocycles. The maximum Gasteiger partial charge on any atom is 0.317 e. The van der Waals surface area contributed by atoms with E-state index in [0.29, 0.717) is 19.1 Å². The lowest BCUT2D eigenvalue weighted by atomic mass is 10.00. The lowest BCUT2D eigenvalue weighted by molar-refractivity contribution is 0.172. The molecular weight excluding hydrogens is 276 g/mol. The number of hydrogen-bond donors (Lipinski definition) is 1. The summed E-state index contributed by atoms with van der Waals surface area (Å²) < 4.78 is 5.66. The Morgan fingerprint density at radius 3 is 2.50 bits per heavy atom. The van der Waals surface area contributed by atoms with Gasteiger partial charge in [-0.1, -0.05) is 32.9 Å². The van der Waals surface area contributed by atoms with Gasteiger partial charge in [0.05, 0.1) is 6.54 Å². The van der Waals surface area contributed by atoms with Crippen molar-refractivity contribution >= 4 is 6.03 Å². The molecule has 0 radical (unpaired) electrons. The van der Waals surface area contributed by atoms with Crippen molar-refractivity contribution in [1.29, 1.82) is 0 Å². The molecule has 1 aliphatic heterocycles. The van der Waals surface area contributed by atoms with Crippen LogP contribution in [-0.2, 0) is 0 Å². The average Bonchev–Trinajstić information content (AvgIpc) is 2.52. The predicted molar refractivity (Wildman–Crippen MR) is 89.4 cm³/mol. The van der Waals surface area contributed by atoms with E-state index in [9.17, 15) is 4.79 Å². The van der Waals surface area contributed by atoms with E-state index in [1.54, 1.807) is 0 Å². The molecule has 1 aromatic carbocycles. The first kappa shape index (κ1) is 16.7. The Morgan fingerprint density at radius 2 is 1.91 bits per heavy atom. The highest BCUT2D eigenvalue weighted by molar-refractivity contribution is 5.74. The van der Waals surface area contributed by atoms with Crippen molar-refractivity contribution in [2.24, 2.45) is 5.92 Å². The van der Waals surface area contributed by atoms with Gasteiger partial charge in [-0.3, -0.25) is 0 Å². The molecule has 1 heterocycles. The van der Waals surface area contributed by atoms with E-state index in [1.165, 1.54) is 5.56 Å². The van der Waals surface area contributed by atoms with Gasteiger partial charge in [-0.05, 0) is 42.4 Å². The van der Waals surface area contributed by atoms with E-state index in [4.69, 9.17) is 4.74 Å². The van der Waals surface area contributed by atoms with Gasteiger partial charge in [-0.15, -0.1) is 0 Å². The van der Waals surface area contributed by atoms with Crippen LogP contribution < -0.4 is 10.1 Å². The monoisotopic (exact) mass is 304 g/mol. The van der Waals surface area contributed by atoms with Crippen LogP contribution in [-0.4, -0.2) is 37.2 Å². The van der Waals surface area contributed by atoms with Crippen LogP contribution in [0.25, 0.3) is 0 Å². The standard InChI is InChI=1S/C18H28N2O2/c1-14(2)16-4-6-17(7-5-16)22-13-10-19-18(21)20-11-8-15(3)9-12-20/h4-7,14-15H,8-13H2,1-3H3,(H,19,21). The van der Waals surface area contributed by atoms with E-state index in [2.05, 4.69) is 38.2 Å². The van der Waals surface area contributed by atoms with Crippen molar-refractivity contribution < 1.29 is 9.53 Å². The molecule has 22 heavy (non-hydrogen) atoms. The highest BCUT2D eigenvalue weighted by Crippen LogP contribution is 2.18. The molecule has 1 aliphatic rings. The number of ether oxygens (including phenoxy) is 1. The minimum absolute atomic E-state index is 0.0330. The van der Waals surface area contributed by atoms with Gasteiger partial charge in [0.1, 0.15) is 12.4 Å². The first-order valence-electron chi connectivity index (χ1n) is 8.32. The quantitative estimate of drug-likeness (QED) is 0.844. The van der Waals surface area contributed by atoms with E-state index >= 15 is 0 Å². The van der Waals surface area contributed by atoms with E-state index in [0.717, 1.165) is 37.6 Å². The van der Waals surface area contributed by atoms with E-state index in [1.807, 2.05) is 17.0 Å². The van der Waals surface area contributed by atoms with Crippen LogP contribution >= 0.6 is 0 Å². The second-order valence-electron chi connectivity index (χ2n) is 6.47. The summed E-state index contributed by atoms with van der Waals surface area (Å²) in [6.45, 7) is 9.36. The van der Waals surface area contributed by atoms with Gasteiger partial charge < -0.3 is 15.0 Å². The predicted octanol–water partition coefficient (Wildman–Crippen LogP) is 3.63. The summed E-state index contributed by atoms with van der Waals surface area (Å²) in [5.41, 5.74) is 1.31. The number of nitrogens with zero attached hydrogens (tertiary/aromatic N) is 1. The molecule has 4 nitrogen and oxygen atoms in total. The normalized spacial score (nSPS) is 15.9. The van der Waals surface area contributed by atoms with Gasteiger partial charge >= 0.3 is 6.03 Å². The number of carbonyl (C=O) groups excluding carboxylic acids is 1. The van der Waals surface area contributed by atoms with Gasteiger partial charge in [-0.25, -0.2) is 4.79 Å². The molecule has 1 saturated heterocycles. The highest BCUT2D eigenvalue weighted by Gasteiger charge is 2.19. The number of likely N-dealkylation sites (tertiary alicyclic amines) is 1. The summed E-state index contributed by atoms with van der Waals surface area (Å²) in [6.07, 6.45) is 2.21. The van der Waals surface area contributed by atoms with Gasteiger partial charge in [-0.2, -0.15) is 0 Å². The van der Waals surface area contributed by atoms with Gasteiger partial charge in [0.25, 0.3) is 0 Å². The van der Waals surface area contributed by atoms with Crippen LogP contribution in [0.1, 0.15) is 45.1 Å². The molecule has 0 unspecified atom stereocenters. The molecule has 4 heteroatoms. The van der Waals surface area contributed by atoms with Crippen LogP contribution in [0, 0.1) is 5.92 Å². The largest absolute Gasteiger partial charge is 0.492 e. The third-order valence-corrected chi connectivity index (χ3v) is 4.26. The lowest BCUT2D eigenvalue weighted by Crippen LogP contribution is -2.45. The Morgan fingerprint density at radius 1 is 1.27 bits per heavy atom. The fraction of sp³-hybridized carbons (Fsp3) is 0.611. The number of piperidine rings is 1. The Balaban J connectivity index is 1.65. The van der Waals surface area contributed by atoms with Gasteiger partial charge in [0, 0.05) is 13.1 Å². The second kappa shape index (κ2) is 8.06. The number of rotatable bonds is 5. The van der Waals surface area contributed by atoms with Crippen molar-refractivity contribution in [3.05, 3.63) is 29.8 Å². The Hall–Kier alpha value is -1.71. The number of benzene rings is 1. The first-order chi connectivity index (χ1) is 10.6. The zero-order chi connectivity index (χ0) is 15.9. The Labute approximate surface area is 133 Å². The zero-order valence-electron chi connectivity index (χ0n) is 14.0. The molecule has 0 spiro atoms. The zero-order valence-corrected chi connectivity index (χ0v) is 14.0. The molecule has 2 amide bonds. The van der Waals surface area contributed by atoms with Gasteiger partial charge in [0.15, 0.2) is 0 Å². The van der Waals surface area contributed by atoms with Crippen LogP contribution in [0.5, 0.6) is 5.75 Å². The van der Waals surface area contributed by atoms with Gasteiger partial charge in [0.2, 0.25) is 0 Å². The molecule has 0 aromatic heterocycles. The second-order valence-corrected chi connectivity index (χ2v) is 6.47. The number of amides is 2. The van der Waals surface area contributed by atoms with Crippen molar-refractivity contribution in [2.45, 2.75) is 39.5 Å². The van der Waals surface area contributed by atoms with Crippen molar-refractivity contribution in [2.75, 3.05) is 26.2 Å². The number of urea groups is 1. The number of carbonyl (C=O) groups is 1. The van der Waals surface area contributed by atoms with Crippen LogP contribution in [0.3, 0.4) is 0 Å². The summed E-state index contributed by atoms with van der Waals surface area (Å²) >= 11 is 0. The smallest absolute Gasteiger partial charge is 0.317 e. The maximum atomic E-state index is 12.0. The fourth-order valence-corrected chi connectivity index (χ4v) is 2.60. The third kappa shape index (κ3) is 4.93. The number of nitrogens with one attached hydrogen (secondary N) is 1. The fourth-order valence-electron chi connectivity index (χ4n) is 2.60. The van der Waals surface area contributed by atoms with Crippen molar-refractivity contribution in [1.82, 2.24) is 10.2 Å². The molecule has 1 aromatic rings. The summed E-state index contributed by atoms with van der Waals surface area (Å²) in [5.74, 6) is 2.12. The molecular formula is C18H28N2O2. The molecule has 2 rings (SSSR count). The molecule has 122 valence electrons. The average molecular weight is 304 g/mol. The lowest BCUT2D eigenvalue weighted by Gasteiger charge is -2.30. The maximum absolute atomic E-state index is 12.0. The van der Waals surface area contributed by atoms with Crippen LogP contribution in [0.4, 0.5) is 4.79 Å². The third-order valence-electron chi connectivity index (χ3n) is 4.26. The molecule has 0 aliphatic carbocycles.